The fraction of sp³-hybridized carbons (Fsp3) is 0.667. The number of rotatable bonds is 6. The molecule has 0 saturated carbocycles. The standard InChI is InChI=1S/C12H20O4/c1-5-7-10(12(14)16-4)9(6-2)8-11(13)15-3/h5,7,9-10H,6,8H2,1-4H3. The summed E-state index contributed by atoms with van der Waals surface area (Å²) < 4.78 is 9.33. The van der Waals surface area contributed by atoms with Crippen molar-refractivity contribution in [3.8, 4) is 0 Å². The van der Waals surface area contributed by atoms with Crippen molar-refractivity contribution in [2.75, 3.05) is 14.2 Å². The fourth-order valence-electron chi connectivity index (χ4n) is 1.59. The molecule has 0 aliphatic heterocycles. The molecule has 2 atom stereocenters. The largest absolute Gasteiger partial charge is 0.469 e. The highest BCUT2D eigenvalue weighted by Gasteiger charge is 2.27. The summed E-state index contributed by atoms with van der Waals surface area (Å²) in [6.45, 7) is 3.77. The minimum Gasteiger partial charge on any atom is -0.469 e. The first-order valence-corrected chi connectivity index (χ1v) is 5.38. The Kier molecular flexibility index (Phi) is 7.25. The van der Waals surface area contributed by atoms with Gasteiger partial charge < -0.3 is 9.47 Å². The summed E-state index contributed by atoms with van der Waals surface area (Å²) in [5.74, 6) is -1.06. The topological polar surface area (TPSA) is 52.6 Å². The van der Waals surface area contributed by atoms with Gasteiger partial charge in [-0.2, -0.15) is 0 Å². The van der Waals surface area contributed by atoms with E-state index in [0.29, 0.717) is 0 Å². The van der Waals surface area contributed by atoms with Crippen molar-refractivity contribution < 1.29 is 19.1 Å². The molecular weight excluding hydrogens is 208 g/mol. The lowest BCUT2D eigenvalue weighted by atomic mass is 9.87. The minimum atomic E-state index is -0.376. The molecule has 0 N–H and O–H groups in total. The Morgan fingerprint density at radius 3 is 2.25 bits per heavy atom. The van der Waals surface area contributed by atoms with Gasteiger partial charge in [-0.25, -0.2) is 0 Å². The van der Waals surface area contributed by atoms with E-state index in [-0.39, 0.29) is 30.2 Å². The number of carbonyl (C=O) groups is 2. The molecule has 0 radical (unpaired) electrons. The van der Waals surface area contributed by atoms with Crippen LogP contribution in [0.4, 0.5) is 0 Å². The van der Waals surface area contributed by atoms with Crippen LogP contribution in [0.3, 0.4) is 0 Å². The number of methoxy groups -OCH3 is 2. The van der Waals surface area contributed by atoms with E-state index in [4.69, 9.17) is 4.74 Å². The van der Waals surface area contributed by atoms with Crippen LogP contribution in [0.5, 0.6) is 0 Å². The van der Waals surface area contributed by atoms with Crippen molar-refractivity contribution in [2.45, 2.75) is 26.7 Å². The van der Waals surface area contributed by atoms with Gasteiger partial charge in [0.1, 0.15) is 0 Å². The quantitative estimate of drug-likeness (QED) is 0.515. The summed E-state index contributed by atoms with van der Waals surface area (Å²) in [7, 11) is 2.70. The molecule has 0 bridgehead atoms. The maximum Gasteiger partial charge on any atom is 0.312 e. The third-order valence-electron chi connectivity index (χ3n) is 2.56. The maximum absolute atomic E-state index is 11.5. The zero-order chi connectivity index (χ0) is 12.6. The highest BCUT2D eigenvalue weighted by atomic mass is 16.5. The smallest absolute Gasteiger partial charge is 0.312 e. The average molecular weight is 228 g/mol. The lowest BCUT2D eigenvalue weighted by Gasteiger charge is -2.20. The van der Waals surface area contributed by atoms with E-state index < -0.39 is 0 Å². The number of allylic oxidation sites excluding steroid dienone is 1. The second kappa shape index (κ2) is 7.91. The van der Waals surface area contributed by atoms with Crippen LogP contribution < -0.4 is 0 Å². The molecule has 0 spiro atoms. The lowest BCUT2D eigenvalue weighted by Crippen LogP contribution is -2.25. The van der Waals surface area contributed by atoms with Crippen LogP contribution in [0.25, 0.3) is 0 Å². The van der Waals surface area contributed by atoms with Crippen LogP contribution in [0.1, 0.15) is 26.7 Å². The van der Waals surface area contributed by atoms with Gasteiger partial charge in [-0.05, 0) is 12.8 Å². The maximum atomic E-state index is 11.5. The number of hydrogen-bond donors (Lipinski definition) is 0. The third-order valence-corrected chi connectivity index (χ3v) is 2.56. The molecule has 0 aromatic heterocycles. The van der Waals surface area contributed by atoms with E-state index in [1.807, 2.05) is 13.8 Å². The molecule has 0 aromatic carbocycles. The Morgan fingerprint density at radius 2 is 1.88 bits per heavy atom. The van der Waals surface area contributed by atoms with Crippen LogP contribution in [0, 0.1) is 11.8 Å². The summed E-state index contributed by atoms with van der Waals surface area (Å²) >= 11 is 0. The van der Waals surface area contributed by atoms with Crippen molar-refractivity contribution in [1.82, 2.24) is 0 Å². The molecular formula is C12H20O4. The van der Waals surface area contributed by atoms with Gasteiger partial charge in [-0.3, -0.25) is 9.59 Å². The van der Waals surface area contributed by atoms with E-state index in [1.54, 1.807) is 12.2 Å². The summed E-state index contributed by atoms with van der Waals surface area (Å²) in [6, 6.07) is 0. The predicted octanol–water partition coefficient (Wildman–Crippen LogP) is 1.94. The second-order valence-electron chi connectivity index (χ2n) is 3.52. The average Bonchev–Trinajstić information content (AvgIpc) is 2.32. The van der Waals surface area contributed by atoms with Crippen LogP contribution in [0.15, 0.2) is 12.2 Å². The van der Waals surface area contributed by atoms with E-state index >= 15 is 0 Å². The van der Waals surface area contributed by atoms with Gasteiger partial charge in [0.2, 0.25) is 0 Å². The first kappa shape index (κ1) is 14.7. The molecule has 4 nitrogen and oxygen atoms in total. The SMILES string of the molecule is CC=CC(C(=O)OC)C(CC)CC(=O)OC. The van der Waals surface area contributed by atoms with E-state index in [1.165, 1.54) is 14.2 Å². The summed E-state index contributed by atoms with van der Waals surface area (Å²) in [5.41, 5.74) is 0. The summed E-state index contributed by atoms with van der Waals surface area (Å²) in [6.07, 6.45) is 4.51. The van der Waals surface area contributed by atoms with Crippen molar-refractivity contribution >= 4 is 11.9 Å². The Balaban J connectivity index is 4.70. The second-order valence-corrected chi connectivity index (χ2v) is 3.52. The van der Waals surface area contributed by atoms with Gasteiger partial charge in [0, 0.05) is 6.42 Å². The Bertz CT molecular complexity index is 258. The zero-order valence-corrected chi connectivity index (χ0v) is 10.4. The third kappa shape index (κ3) is 4.47. The fourth-order valence-corrected chi connectivity index (χ4v) is 1.59. The molecule has 16 heavy (non-hydrogen) atoms. The molecule has 0 fully saturated rings. The molecule has 0 saturated heterocycles. The minimum absolute atomic E-state index is 0.0731. The molecule has 0 amide bonds. The molecule has 0 heterocycles. The highest BCUT2D eigenvalue weighted by Crippen LogP contribution is 2.23. The van der Waals surface area contributed by atoms with E-state index in [9.17, 15) is 9.59 Å². The number of hydrogen-bond acceptors (Lipinski definition) is 4. The van der Waals surface area contributed by atoms with Crippen molar-refractivity contribution in [3.63, 3.8) is 0 Å². The summed E-state index contributed by atoms with van der Waals surface area (Å²) in [4.78, 5) is 22.7. The molecule has 0 aliphatic carbocycles. The van der Waals surface area contributed by atoms with Crippen molar-refractivity contribution in [2.24, 2.45) is 11.8 Å². The molecule has 0 aliphatic rings. The Labute approximate surface area is 96.6 Å². The molecule has 2 unspecified atom stereocenters. The molecule has 0 rings (SSSR count). The van der Waals surface area contributed by atoms with Gasteiger partial charge in [0.25, 0.3) is 0 Å². The number of esters is 2. The van der Waals surface area contributed by atoms with E-state index in [2.05, 4.69) is 4.74 Å². The number of carbonyl (C=O) groups excluding carboxylic acids is 2. The van der Waals surface area contributed by atoms with E-state index in [0.717, 1.165) is 6.42 Å². The zero-order valence-electron chi connectivity index (χ0n) is 10.4. The lowest BCUT2D eigenvalue weighted by molar-refractivity contribution is -0.147. The first-order valence-electron chi connectivity index (χ1n) is 5.38. The van der Waals surface area contributed by atoms with Gasteiger partial charge in [0.15, 0.2) is 0 Å². The van der Waals surface area contributed by atoms with Gasteiger partial charge in [-0.1, -0.05) is 25.5 Å². The highest BCUT2D eigenvalue weighted by molar-refractivity contribution is 5.76. The van der Waals surface area contributed by atoms with Crippen LogP contribution >= 0.6 is 0 Å². The van der Waals surface area contributed by atoms with Crippen molar-refractivity contribution in [1.29, 1.82) is 0 Å². The van der Waals surface area contributed by atoms with Crippen molar-refractivity contribution in [3.05, 3.63) is 12.2 Å². The monoisotopic (exact) mass is 228 g/mol. The molecule has 4 heteroatoms. The van der Waals surface area contributed by atoms with Crippen LogP contribution in [-0.2, 0) is 19.1 Å². The van der Waals surface area contributed by atoms with Crippen LogP contribution in [0.2, 0.25) is 0 Å². The molecule has 92 valence electrons. The van der Waals surface area contributed by atoms with Gasteiger partial charge >= 0.3 is 11.9 Å². The Hall–Kier alpha value is -1.32. The van der Waals surface area contributed by atoms with Crippen LogP contribution in [-0.4, -0.2) is 26.2 Å². The normalized spacial score (nSPS) is 14.5. The number of ether oxygens (including phenoxy) is 2. The summed E-state index contributed by atoms with van der Waals surface area (Å²) in [5, 5.41) is 0. The Morgan fingerprint density at radius 1 is 1.25 bits per heavy atom. The predicted molar refractivity (Wildman–Crippen MR) is 60.7 cm³/mol. The first-order chi connectivity index (χ1) is 7.60. The van der Waals surface area contributed by atoms with Gasteiger partial charge in [-0.15, -0.1) is 0 Å². The van der Waals surface area contributed by atoms with Gasteiger partial charge in [0.05, 0.1) is 20.1 Å². The molecule has 0 aromatic rings.